The topological polar surface area (TPSA) is 107 Å². The molecule has 6 atom stereocenters. The van der Waals surface area contributed by atoms with Crippen molar-refractivity contribution < 1.29 is 28.3 Å². The molecule has 0 radical (unpaired) electrons. The summed E-state index contributed by atoms with van der Waals surface area (Å²) in [6.45, 7) is 1.79. The fourth-order valence-corrected chi connectivity index (χ4v) is 7.77. The van der Waals surface area contributed by atoms with E-state index in [1.807, 2.05) is 6.07 Å². The number of aromatic hydroxyl groups is 1. The van der Waals surface area contributed by atoms with Gasteiger partial charge in [-0.3, -0.25) is 0 Å². The molecule has 0 amide bonds. The Labute approximate surface area is 168 Å². The van der Waals surface area contributed by atoms with Gasteiger partial charge in [0.05, 0.1) is 12.2 Å². The number of hydrogen-bond acceptors (Lipinski definition) is 5. The molecule has 7 heteroatoms. The number of benzene rings is 1. The predicted octanol–water partition coefficient (Wildman–Crippen LogP) is 2.54. The Hall–Kier alpha value is -1.03. The Morgan fingerprint density at radius 2 is 2.15 bits per heavy atom. The largest absolute Gasteiger partial charge is 0.508 e. The van der Waals surface area contributed by atoms with Gasteiger partial charge < -0.3 is 23.5 Å². The van der Waals surface area contributed by atoms with E-state index in [9.17, 15) is 20.1 Å². The summed E-state index contributed by atoms with van der Waals surface area (Å²) >= 11 is -0.924. The minimum atomic E-state index is -0.979. The zero-order valence-corrected chi connectivity index (χ0v) is 17.3. The third-order valence-electron chi connectivity index (χ3n) is 6.88. The van der Waals surface area contributed by atoms with Crippen LogP contribution in [0.5, 0.6) is 5.75 Å². The van der Waals surface area contributed by atoms with Crippen LogP contribution in [0.3, 0.4) is 0 Å². The van der Waals surface area contributed by atoms with Crippen molar-refractivity contribution in [3.05, 3.63) is 29.3 Å². The third-order valence-corrected chi connectivity index (χ3v) is 9.06. The highest BCUT2D eigenvalue weighted by molar-refractivity contribution is 14.2. The van der Waals surface area contributed by atoms with Crippen LogP contribution >= 0.6 is 21.1 Å². The zero-order valence-electron chi connectivity index (χ0n) is 15.1. The van der Waals surface area contributed by atoms with Crippen LogP contribution in [-0.4, -0.2) is 48.7 Å². The van der Waals surface area contributed by atoms with E-state index in [0.29, 0.717) is 18.3 Å². The first-order chi connectivity index (χ1) is 12.8. The Kier molecular flexibility index (Phi) is 5.07. The molecule has 2 fully saturated rings. The van der Waals surface area contributed by atoms with E-state index < -0.39 is 39.3 Å². The number of phenolic OH excluding ortho intramolecular Hbond substituents is 1. The molecule has 0 bridgehead atoms. The lowest BCUT2D eigenvalue weighted by molar-refractivity contribution is -0.138. The third kappa shape index (κ3) is 3.22. The molecule has 27 heavy (non-hydrogen) atoms. The van der Waals surface area contributed by atoms with Crippen LogP contribution in [-0.2, 0) is 7.86 Å². The lowest BCUT2D eigenvalue weighted by Gasteiger charge is -2.50. The van der Waals surface area contributed by atoms with E-state index in [1.54, 1.807) is 12.1 Å². The van der Waals surface area contributed by atoms with Crippen molar-refractivity contribution in [2.24, 2.45) is 17.3 Å². The van der Waals surface area contributed by atoms with Crippen LogP contribution in [0, 0.1) is 17.3 Å². The van der Waals surface area contributed by atoms with Gasteiger partial charge >= 0.3 is 5.97 Å². The SMILES string of the molecule is C[C@]12CCC3c4ccc(O)cc4C(=IOCC(=O)O)CC3C1C[C@@H](O)[C@@H]2O. The number of halogens is 1. The quantitative estimate of drug-likeness (QED) is 0.488. The molecule has 0 aromatic heterocycles. The number of aliphatic carboxylic acids is 1. The summed E-state index contributed by atoms with van der Waals surface area (Å²) in [6, 6.07) is 5.46. The van der Waals surface area contributed by atoms with Gasteiger partial charge in [-0.2, -0.15) is 0 Å². The lowest BCUT2D eigenvalue weighted by Crippen LogP contribution is -2.45. The average molecular weight is 488 g/mol. The standard InChI is InChI=1S/C20H25IO6/c1-20-5-4-12-11-3-2-10(22)6-14(11)16(21-27-9-18(24)25)7-13(12)15(20)8-17(23)19(20)26/h2-3,6,12-13,15,17,19,22-23,26H,4-5,7-9H2,1H3,(H,24,25)/t12?,13?,15?,17-,19+,20+/m1/s1. The maximum absolute atomic E-state index is 10.8. The van der Waals surface area contributed by atoms with Crippen molar-refractivity contribution in [1.29, 1.82) is 0 Å². The fraction of sp³-hybridized carbons (Fsp3) is 0.600. The van der Waals surface area contributed by atoms with Crippen molar-refractivity contribution in [3.63, 3.8) is 0 Å². The number of carboxylic acids is 1. The number of carboxylic acid groups (broad SMARTS) is 1. The van der Waals surface area contributed by atoms with Gasteiger partial charge in [0.2, 0.25) is 0 Å². The van der Waals surface area contributed by atoms with Crippen molar-refractivity contribution in [3.8, 4) is 5.75 Å². The van der Waals surface area contributed by atoms with Crippen LogP contribution < -0.4 is 0 Å². The number of aliphatic hydroxyl groups is 2. The van der Waals surface area contributed by atoms with Gasteiger partial charge in [-0.05, 0) is 72.1 Å². The first kappa shape index (κ1) is 19.3. The van der Waals surface area contributed by atoms with E-state index in [0.717, 1.165) is 28.3 Å². The van der Waals surface area contributed by atoms with Crippen LogP contribution in [0.2, 0.25) is 0 Å². The fourth-order valence-electron chi connectivity index (χ4n) is 5.58. The summed E-state index contributed by atoms with van der Waals surface area (Å²) in [7, 11) is 0. The molecule has 0 heterocycles. The number of rotatable bonds is 3. The summed E-state index contributed by atoms with van der Waals surface area (Å²) in [5.74, 6) is 0.0903. The van der Waals surface area contributed by atoms with Crippen LogP contribution in [0.1, 0.15) is 49.7 Å². The molecular weight excluding hydrogens is 463 g/mol. The van der Waals surface area contributed by atoms with Crippen LogP contribution in [0.4, 0.5) is 0 Å². The summed E-state index contributed by atoms with van der Waals surface area (Å²) in [6.07, 6.45) is 1.84. The summed E-state index contributed by atoms with van der Waals surface area (Å²) < 4.78 is 6.58. The smallest absolute Gasteiger partial charge is 0.330 e. The second kappa shape index (κ2) is 7.09. The van der Waals surface area contributed by atoms with E-state index in [-0.39, 0.29) is 23.7 Å². The molecule has 148 valence electrons. The van der Waals surface area contributed by atoms with E-state index in [2.05, 4.69) is 6.92 Å². The Morgan fingerprint density at radius 1 is 1.37 bits per heavy atom. The predicted molar refractivity (Wildman–Crippen MR) is 108 cm³/mol. The second-order valence-corrected chi connectivity index (χ2v) is 10.6. The van der Waals surface area contributed by atoms with Crippen molar-refractivity contribution in [2.45, 2.75) is 50.7 Å². The summed E-state index contributed by atoms with van der Waals surface area (Å²) in [4.78, 5) is 10.8. The highest BCUT2D eigenvalue weighted by Crippen LogP contribution is 2.61. The molecule has 0 spiro atoms. The molecule has 1 aromatic carbocycles. The molecule has 1 aromatic rings. The van der Waals surface area contributed by atoms with Gasteiger partial charge in [0.15, 0.2) is 6.61 Å². The van der Waals surface area contributed by atoms with E-state index in [1.165, 1.54) is 5.56 Å². The number of phenols is 1. The maximum atomic E-state index is 10.8. The van der Waals surface area contributed by atoms with Gasteiger partial charge in [0.25, 0.3) is 0 Å². The first-order valence-electron chi connectivity index (χ1n) is 9.35. The average Bonchev–Trinajstić information content (AvgIpc) is 2.85. The van der Waals surface area contributed by atoms with Crippen molar-refractivity contribution in [1.82, 2.24) is 0 Å². The number of fused-ring (bicyclic) bond motifs is 5. The zero-order chi connectivity index (χ0) is 19.3. The molecule has 3 aliphatic carbocycles. The second-order valence-electron chi connectivity index (χ2n) is 8.27. The van der Waals surface area contributed by atoms with Gasteiger partial charge in [0.1, 0.15) is 5.75 Å². The molecule has 0 saturated heterocycles. The maximum Gasteiger partial charge on any atom is 0.330 e. The monoisotopic (exact) mass is 488 g/mol. The molecule has 4 N–H and O–H groups in total. The van der Waals surface area contributed by atoms with Crippen molar-refractivity contribution in [2.75, 3.05) is 6.61 Å². The summed E-state index contributed by atoms with van der Waals surface area (Å²) in [5, 5.41) is 39.7. The van der Waals surface area contributed by atoms with Crippen LogP contribution in [0.25, 0.3) is 0 Å². The van der Waals surface area contributed by atoms with E-state index >= 15 is 0 Å². The lowest BCUT2D eigenvalue weighted by atomic mass is 9.55. The molecule has 4 rings (SSSR count). The van der Waals surface area contributed by atoms with Gasteiger partial charge in [-0.1, -0.05) is 13.0 Å². The van der Waals surface area contributed by atoms with E-state index in [4.69, 9.17) is 8.17 Å². The van der Waals surface area contributed by atoms with Crippen molar-refractivity contribution >= 4 is 30.6 Å². The van der Waals surface area contributed by atoms with Gasteiger partial charge in [-0.25, -0.2) is 4.79 Å². The Bertz CT molecular complexity index is 793. The van der Waals surface area contributed by atoms with Gasteiger partial charge in [0, 0.05) is 24.7 Å². The number of aliphatic hydroxyl groups excluding tert-OH is 2. The number of carbonyl (C=O) groups is 1. The minimum Gasteiger partial charge on any atom is -0.508 e. The molecular formula is C20H25IO6. The summed E-state index contributed by atoms with van der Waals surface area (Å²) in [5.41, 5.74) is 1.92. The minimum absolute atomic E-state index is 0.208. The first-order valence-corrected chi connectivity index (χ1v) is 11.3. The van der Waals surface area contributed by atoms with Crippen LogP contribution in [0.15, 0.2) is 18.2 Å². The van der Waals surface area contributed by atoms with Gasteiger partial charge in [-0.15, -0.1) is 0 Å². The molecule has 6 nitrogen and oxygen atoms in total. The number of hydrogen-bond donors (Lipinski definition) is 4. The normalized spacial score (nSPS) is 39.2. The molecule has 3 unspecified atom stereocenters. The molecule has 3 aliphatic rings. The highest BCUT2D eigenvalue weighted by atomic mass is 127. The highest BCUT2D eigenvalue weighted by Gasteiger charge is 2.58. The Balaban J connectivity index is 1.73. The molecule has 0 aliphatic heterocycles. The Morgan fingerprint density at radius 3 is 2.89 bits per heavy atom. The molecule has 2 saturated carbocycles.